The van der Waals surface area contributed by atoms with Crippen LogP contribution in [0, 0.1) is 0 Å². The molecule has 0 aliphatic carbocycles. The van der Waals surface area contributed by atoms with Crippen LogP contribution in [0.4, 0.5) is 11.6 Å². The van der Waals surface area contributed by atoms with E-state index in [4.69, 9.17) is 21.4 Å². The minimum Gasteiger partial charge on any atom is -0.482 e. The molecule has 0 aliphatic heterocycles. The van der Waals surface area contributed by atoms with Crippen LogP contribution in [0.3, 0.4) is 0 Å². The van der Waals surface area contributed by atoms with Crippen LogP contribution in [0.15, 0.2) is 58.1 Å². The Balaban J connectivity index is 1.93. The lowest BCUT2D eigenvalue weighted by Crippen LogP contribution is -2.42. The number of rotatable bonds is 8. The molecule has 0 bridgehead atoms. The van der Waals surface area contributed by atoms with Gasteiger partial charge in [0, 0.05) is 17.3 Å². The lowest BCUT2D eigenvalue weighted by molar-refractivity contribution is -0.139. The predicted molar refractivity (Wildman–Crippen MR) is 112 cm³/mol. The van der Waals surface area contributed by atoms with E-state index in [0.717, 1.165) is 10.1 Å². The molecule has 156 valence electrons. The molecule has 2 aromatic carbocycles. The Hall–Kier alpha value is -3.59. The van der Waals surface area contributed by atoms with Gasteiger partial charge in [-0.05, 0) is 48.9 Å². The van der Waals surface area contributed by atoms with Crippen molar-refractivity contribution in [2.75, 3.05) is 11.9 Å². The van der Waals surface area contributed by atoms with Crippen molar-refractivity contribution in [3.63, 3.8) is 0 Å². The van der Waals surface area contributed by atoms with Gasteiger partial charge >= 0.3 is 17.3 Å². The molecule has 0 atom stereocenters. The molecule has 10 heteroatoms. The number of aromatic nitrogens is 3. The summed E-state index contributed by atoms with van der Waals surface area (Å²) in [6.45, 7) is 1.62. The minimum absolute atomic E-state index is 0.0869. The first-order valence-electron chi connectivity index (χ1n) is 9.05. The monoisotopic (exact) mass is 430 g/mol. The summed E-state index contributed by atoms with van der Waals surface area (Å²) in [5.41, 5.74) is 0.211. The molecule has 1 aromatic heterocycles. The lowest BCUT2D eigenvalue weighted by Gasteiger charge is -2.15. The van der Waals surface area contributed by atoms with Crippen LogP contribution in [-0.4, -0.2) is 31.8 Å². The topological polar surface area (TPSA) is 115 Å². The number of aliphatic carboxylic acids is 1. The van der Waals surface area contributed by atoms with E-state index >= 15 is 0 Å². The van der Waals surface area contributed by atoms with E-state index < -0.39 is 24.0 Å². The minimum atomic E-state index is -1.08. The molecule has 9 nitrogen and oxygen atoms in total. The van der Waals surface area contributed by atoms with Crippen molar-refractivity contribution in [1.29, 1.82) is 0 Å². The van der Waals surface area contributed by atoms with Crippen LogP contribution in [0.1, 0.15) is 12.5 Å². The molecule has 0 spiro atoms. The first-order chi connectivity index (χ1) is 14.4. The van der Waals surface area contributed by atoms with Gasteiger partial charge in [-0.15, -0.1) is 0 Å². The highest BCUT2D eigenvalue weighted by Crippen LogP contribution is 2.19. The van der Waals surface area contributed by atoms with Crippen molar-refractivity contribution in [3.8, 4) is 5.75 Å². The molecule has 0 unspecified atom stereocenters. The first kappa shape index (κ1) is 21.1. The predicted octanol–water partition coefficient (Wildman–Crippen LogP) is 2.33. The second-order valence-electron chi connectivity index (χ2n) is 6.29. The number of hydrogen-bond acceptors (Lipinski definition) is 6. The molecule has 0 saturated heterocycles. The van der Waals surface area contributed by atoms with Crippen LogP contribution >= 0.6 is 11.6 Å². The number of halogens is 1. The molecule has 0 fully saturated rings. The van der Waals surface area contributed by atoms with Crippen molar-refractivity contribution >= 4 is 29.2 Å². The van der Waals surface area contributed by atoms with E-state index in [0.29, 0.717) is 16.5 Å². The third-order valence-corrected chi connectivity index (χ3v) is 4.44. The van der Waals surface area contributed by atoms with Gasteiger partial charge in [0.05, 0.1) is 6.54 Å². The molecule has 30 heavy (non-hydrogen) atoms. The van der Waals surface area contributed by atoms with Gasteiger partial charge in [-0.3, -0.25) is 4.57 Å². The maximum atomic E-state index is 12.9. The first-order valence-corrected chi connectivity index (χ1v) is 9.43. The SMILES string of the molecule is CCn1c(=O)nc(Nc2ccc(OCC(=O)O)cc2)n(Cc2ccc(Cl)cc2)c1=O. The Kier molecular flexibility index (Phi) is 6.53. The van der Waals surface area contributed by atoms with Gasteiger partial charge in [-0.2, -0.15) is 4.98 Å². The molecule has 0 radical (unpaired) electrons. The number of carbonyl (C=O) groups is 1. The maximum absolute atomic E-state index is 12.9. The number of nitrogens with zero attached hydrogens (tertiary/aromatic N) is 3. The number of anilines is 2. The summed E-state index contributed by atoms with van der Waals surface area (Å²) in [4.78, 5) is 39.7. The normalized spacial score (nSPS) is 10.6. The fraction of sp³-hybridized carbons (Fsp3) is 0.200. The van der Waals surface area contributed by atoms with Crippen LogP contribution < -0.4 is 21.4 Å². The Labute approximate surface area is 176 Å². The van der Waals surface area contributed by atoms with Crippen molar-refractivity contribution in [2.45, 2.75) is 20.0 Å². The van der Waals surface area contributed by atoms with Gasteiger partial charge in [-0.1, -0.05) is 23.7 Å². The van der Waals surface area contributed by atoms with Crippen LogP contribution in [-0.2, 0) is 17.9 Å². The summed E-state index contributed by atoms with van der Waals surface area (Å²) in [6, 6.07) is 13.4. The van der Waals surface area contributed by atoms with Gasteiger partial charge in [0.1, 0.15) is 5.75 Å². The zero-order valence-electron chi connectivity index (χ0n) is 16.0. The van der Waals surface area contributed by atoms with Crippen LogP contribution in [0.25, 0.3) is 0 Å². The second-order valence-corrected chi connectivity index (χ2v) is 6.73. The highest BCUT2D eigenvalue weighted by molar-refractivity contribution is 6.30. The smallest absolute Gasteiger partial charge is 0.354 e. The van der Waals surface area contributed by atoms with E-state index in [1.165, 1.54) is 4.57 Å². The largest absolute Gasteiger partial charge is 0.482 e. The Morgan fingerprint density at radius 1 is 1.10 bits per heavy atom. The highest BCUT2D eigenvalue weighted by atomic mass is 35.5. The zero-order valence-corrected chi connectivity index (χ0v) is 16.8. The maximum Gasteiger partial charge on any atom is 0.354 e. The van der Waals surface area contributed by atoms with Crippen molar-refractivity contribution in [3.05, 3.63) is 80.1 Å². The van der Waals surface area contributed by atoms with E-state index in [1.807, 2.05) is 0 Å². The molecular formula is C20H19ClN4O5. The van der Waals surface area contributed by atoms with Gasteiger partial charge in [0.15, 0.2) is 6.61 Å². The molecule has 0 aliphatic rings. The summed E-state index contributed by atoms with van der Waals surface area (Å²) in [6.07, 6.45) is 0. The summed E-state index contributed by atoms with van der Waals surface area (Å²) in [5, 5.41) is 12.2. The summed E-state index contributed by atoms with van der Waals surface area (Å²) < 4.78 is 7.50. The Bertz CT molecular complexity index is 1150. The summed E-state index contributed by atoms with van der Waals surface area (Å²) in [7, 11) is 0. The number of carboxylic acid groups (broad SMARTS) is 1. The average Bonchev–Trinajstić information content (AvgIpc) is 2.72. The quantitative estimate of drug-likeness (QED) is 0.563. The molecule has 3 rings (SSSR count). The van der Waals surface area contributed by atoms with E-state index in [2.05, 4.69) is 10.3 Å². The number of carboxylic acids is 1. The van der Waals surface area contributed by atoms with E-state index in [1.54, 1.807) is 55.5 Å². The van der Waals surface area contributed by atoms with E-state index in [9.17, 15) is 14.4 Å². The second kappa shape index (κ2) is 9.27. The van der Waals surface area contributed by atoms with E-state index in [-0.39, 0.29) is 19.0 Å². The third kappa shape index (κ3) is 5.06. The standard InChI is InChI=1S/C20H19ClN4O5/c1-2-24-19(28)23-18(22-15-7-9-16(10-8-15)30-12-17(26)27)25(20(24)29)11-13-3-5-14(21)6-4-13/h3-10H,2,11-12H2,1H3,(H,26,27)(H,22,23,28). The molecular weight excluding hydrogens is 412 g/mol. The van der Waals surface area contributed by atoms with Crippen molar-refractivity contribution in [1.82, 2.24) is 14.1 Å². The van der Waals surface area contributed by atoms with Crippen LogP contribution in [0.5, 0.6) is 5.75 Å². The number of hydrogen-bond donors (Lipinski definition) is 2. The van der Waals surface area contributed by atoms with Gasteiger partial charge in [0.2, 0.25) is 5.95 Å². The fourth-order valence-corrected chi connectivity index (χ4v) is 2.84. The molecule has 2 N–H and O–H groups in total. The number of nitrogens with one attached hydrogen (secondary N) is 1. The molecule has 0 saturated carbocycles. The molecule has 0 amide bonds. The summed E-state index contributed by atoms with van der Waals surface area (Å²) >= 11 is 5.92. The van der Waals surface area contributed by atoms with Gasteiger partial charge in [0.25, 0.3) is 0 Å². The third-order valence-electron chi connectivity index (χ3n) is 4.19. The average molecular weight is 431 g/mol. The van der Waals surface area contributed by atoms with Crippen molar-refractivity contribution in [2.24, 2.45) is 0 Å². The fourth-order valence-electron chi connectivity index (χ4n) is 2.72. The summed E-state index contributed by atoms with van der Waals surface area (Å²) in [5.74, 6) is -0.621. The molecule has 1 heterocycles. The molecule has 3 aromatic rings. The van der Waals surface area contributed by atoms with Gasteiger partial charge in [-0.25, -0.2) is 19.0 Å². The van der Waals surface area contributed by atoms with Crippen LogP contribution in [0.2, 0.25) is 5.02 Å². The Morgan fingerprint density at radius 3 is 2.37 bits per heavy atom. The number of ether oxygens (including phenoxy) is 1. The van der Waals surface area contributed by atoms with Crippen molar-refractivity contribution < 1.29 is 14.6 Å². The Morgan fingerprint density at radius 2 is 1.77 bits per heavy atom. The highest BCUT2D eigenvalue weighted by Gasteiger charge is 2.13. The van der Waals surface area contributed by atoms with Gasteiger partial charge < -0.3 is 15.2 Å². The number of benzene rings is 2. The zero-order chi connectivity index (χ0) is 21.7. The lowest BCUT2D eigenvalue weighted by atomic mass is 10.2.